The molecule has 0 atom stereocenters. The zero-order valence-corrected chi connectivity index (χ0v) is 9.45. The molecule has 86 valence electrons. The Balaban J connectivity index is 3.00. The van der Waals surface area contributed by atoms with E-state index in [9.17, 15) is 9.59 Å². The fourth-order valence-corrected chi connectivity index (χ4v) is 1.25. The van der Waals surface area contributed by atoms with Crippen LogP contribution in [0.2, 0.25) is 5.02 Å². The monoisotopic (exact) mass is 243 g/mol. The Morgan fingerprint density at radius 3 is 2.56 bits per heavy atom. The Hall–Kier alpha value is -1.82. The van der Waals surface area contributed by atoms with E-state index in [2.05, 4.69) is 10.3 Å². The van der Waals surface area contributed by atoms with Crippen LogP contribution in [-0.4, -0.2) is 41.1 Å². The van der Waals surface area contributed by atoms with E-state index in [1.54, 1.807) is 14.1 Å². The second-order valence-corrected chi connectivity index (χ2v) is 3.59. The van der Waals surface area contributed by atoms with Crippen molar-refractivity contribution in [2.24, 2.45) is 0 Å². The van der Waals surface area contributed by atoms with Crippen LogP contribution >= 0.6 is 11.6 Å². The summed E-state index contributed by atoms with van der Waals surface area (Å²) in [7, 11) is 3.15. The summed E-state index contributed by atoms with van der Waals surface area (Å²) in [6, 6.07) is 1.33. The van der Waals surface area contributed by atoms with E-state index in [-0.39, 0.29) is 22.3 Å². The van der Waals surface area contributed by atoms with Gasteiger partial charge in [0, 0.05) is 14.1 Å². The Kier molecular flexibility index (Phi) is 3.68. The lowest BCUT2D eigenvalue weighted by Crippen LogP contribution is -2.23. The van der Waals surface area contributed by atoms with E-state index in [4.69, 9.17) is 16.7 Å². The third-order valence-electron chi connectivity index (χ3n) is 1.70. The number of hydrogen-bond donors (Lipinski definition) is 2. The van der Waals surface area contributed by atoms with Crippen molar-refractivity contribution in [2.75, 3.05) is 19.4 Å². The number of carbonyl (C=O) groups is 2. The molecule has 1 aromatic rings. The lowest BCUT2D eigenvalue weighted by atomic mass is 10.3. The molecule has 1 aromatic heterocycles. The molecule has 0 saturated heterocycles. The number of anilines is 1. The summed E-state index contributed by atoms with van der Waals surface area (Å²) in [5.74, 6) is -0.341. The third kappa shape index (κ3) is 2.83. The molecule has 2 amide bonds. The predicted octanol–water partition coefficient (Wildman–Crippen LogP) is 1.53. The van der Waals surface area contributed by atoms with Gasteiger partial charge in [0.1, 0.15) is 5.69 Å². The van der Waals surface area contributed by atoms with Crippen LogP contribution in [0.4, 0.5) is 10.5 Å². The number of pyridine rings is 1. The molecule has 0 aliphatic carbocycles. The largest absolute Gasteiger partial charge is 0.465 e. The Labute approximate surface area is 96.8 Å². The van der Waals surface area contributed by atoms with Crippen LogP contribution in [0.25, 0.3) is 0 Å². The van der Waals surface area contributed by atoms with Crippen LogP contribution in [0.3, 0.4) is 0 Å². The fourth-order valence-electron chi connectivity index (χ4n) is 0.999. The van der Waals surface area contributed by atoms with Gasteiger partial charge >= 0.3 is 6.09 Å². The van der Waals surface area contributed by atoms with Crippen LogP contribution in [-0.2, 0) is 0 Å². The number of aromatic nitrogens is 1. The highest BCUT2D eigenvalue weighted by atomic mass is 35.5. The maximum Gasteiger partial charge on any atom is 0.409 e. The summed E-state index contributed by atoms with van der Waals surface area (Å²) < 4.78 is 0. The molecule has 1 rings (SSSR count). The van der Waals surface area contributed by atoms with Gasteiger partial charge in [-0.05, 0) is 6.07 Å². The van der Waals surface area contributed by atoms with Crippen LogP contribution in [0.5, 0.6) is 0 Å². The minimum Gasteiger partial charge on any atom is -0.465 e. The minimum absolute atomic E-state index is 0.0857. The maximum absolute atomic E-state index is 11.5. The summed E-state index contributed by atoms with van der Waals surface area (Å²) in [5.41, 5.74) is 0.301. The first kappa shape index (κ1) is 12.3. The summed E-state index contributed by atoms with van der Waals surface area (Å²) in [6.07, 6.45) is 0.0149. The van der Waals surface area contributed by atoms with E-state index >= 15 is 0 Å². The fraction of sp³-hybridized carbons (Fsp3) is 0.222. The van der Waals surface area contributed by atoms with Gasteiger partial charge < -0.3 is 10.0 Å². The molecule has 0 saturated carbocycles. The van der Waals surface area contributed by atoms with E-state index in [1.165, 1.54) is 17.2 Å². The molecule has 0 unspecified atom stereocenters. The van der Waals surface area contributed by atoms with Crippen LogP contribution in [0, 0.1) is 0 Å². The molecule has 1 heterocycles. The van der Waals surface area contributed by atoms with Gasteiger partial charge in [0.15, 0.2) is 0 Å². The van der Waals surface area contributed by atoms with Crippen molar-refractivity contribution in [1.82, 2.24) is 9.88 Å². The van der Waals surface area contributed by atoms with Crippen molar-refractivity contribution in [1.29, 1.82) is 0 Å². The van der Waals surface area contributed by atoms with Crippen LogP contribution in [0.1, 0.15) is 10.5 Å². The molecule has 6 nitrogen and oxygen atoms in total. The van der Waals surface area contributed by atoms with E-state index in [0.29, 0.717) is 0 Å². The van der Waals surface area contributed by atoms with Crippen LogP contribution < -0.4 is 5.32 Å². The lowest BCUT2D eigenvalue weighted by Gasteiger charge is -2.11. The summed E-state index contributed by atoms with van der Waals surface area (Å²) >= 11 is 5.81. The van der Waals surface area contributed by atoms with Gasteiger partial charge in [0.25, 0.3) is 5.91 Å². The Morgan fingerprint density at radius 1 is 1.50 bits per heavy atom. The van der Waals surface area contributed by atoms with Gasteiger partial charge in [0.05, 0.1) is 16.9 Å². The number of halogens is 1. The molecule has 16 heavy (non-hydrogen) atoms. The van der Waals surface area contributed by atoms with Gasteiger partial charge in [-0.15, -0.1) is 0 Å². The van der Waals surface area contributed by atoms with Gasteiger partial charge in [-0.3, -0.25) is 10.1 Å². The van der Waals surface area contributed by atoms with Crippen LogP contribution in [0.15, 0.2) is 12.3 Å². The highest BCUT2D eigenvalue weighted by molar-refractivity contribution is 6.33. The van der Waals surface area contributed by atoms with Crippen molar-refractivity contribution in [3.05, 3.63) is 23.0 Å². The number of amides is 2. The third-order valence-corrected chi connectivity index (χ3v) is 1.99. The molecule has 0 aromatic carbocycles. The van der Waals surface area contributed by atoms with Gasteiger partial charge in [-0.1, -0.05) is 11.6 Å². The molecule has 0 spiro atoms. The number of nitrogens with one attached hydrogen (secondary N) is 1. The molecule has 0 aliphatic rings. The number of nitrogens with zero attached hydrogens (tertiary/aromatic N) is 2. The van der Waals surface area contributed by atoms with Crippen molar-refractivity contribution >= 4 is 29.3 Å². The second kappa shape index (κ2) is 4.80. The first-order chi connectivity index (χ1) is 7.41. The van der Waals surface area contributed by atoms with Crippen molar-refractivity contribution in [3.63, 3.8) is 0 Å². The zero-order chi connectivity index (χ0) is 12.3. The molecule has 0 fully saturated rings. The first-order valence-corrected chi connectivity index (χ1v) is 4.66. The number of hydrogen-bond acceptors (Lipinski definition) is 3. The quantitative estimate of drug-likeness (QED) is 0.825. The van der Waals surface area contributed by atoms with E-state index in [0.717, 1.165) is 0 Å². The SMILES string of the molecule is CN(C)C(=O)c1ncc(NC(=O)O)cc1Cl. The summed E-state index contributed by atoms with van der Waals surface area (Å²) in [4.78, 5) is 27.0. The molecule has 0 aliphatic heterocycles. The summed E-state index contributed by atoms with van der Waals surface area (Å²) in [6.45, 7) is 0. The molecule has 2 N–H and O–H groups in total. The number of carbonyl (C=O) groups excluding carboxylic acids is 1. The minimum atomic E-state index is -1.22. The van der Waals surface area contributed by atoms with Crippen molar-refractivity contribution in [2.45, 2.75) is 0 Å². The normalized spacial score (nSPS) is 9.69. The first-order valence-electron chi connectivity index (χ1n) is 4.29. The van der Waals surface area contributed by atoms with Crippen molar-refractivity contribution in [3.8, 4) is 0 Å². The lowest BCUT2D eigenvalue weighted by molar-refractivity contribution is 0.0822. The topological polar surface area (TPSA) is 82.5 Å². The standard InChI is InChI=1S/C9H10ClN3O3/c1-13(2)8(14)7-6(10)3-5(4-11-7)12-9(15)16/h3-4,12H,1-2H3,(H,15,16). The van der Waals surface area contributed by atoms with Gasteiger partial charge in [-0.2, -0.15) is 0 Å². The molecular weight excluding hydrogens is 234 g/mol. The van der Waals surface area contributed by atoms with Crippen molar-refractivity contribution < 1.29 is 14.7 Å². The zero-order valence-electron chi connectivity index (χ0n) is 8.69. The smallest absolute Gasteiger partial charge is 0.409 e. The number of carboxylic acid groups (broad SMARTS) is 1. The molecule has 7 heteroatoms. The molecule has 0 bridgehead atoms. The average molecular weight is 244 g/mol. The Bertz CT molecular complexity index is 434. The second-order valence-electron chi connectivity index (χ2n) is 3.18. The maximum atomic E-state index is 11.5. The van der Waals surface area contributed by atoms with E-state index in [1.807, 2.05) is 0 Å². The molecule has 0 radical (unpaired) electrons. The van der Waals surface area contributed by atoms with Gasteiger partial charge in [0.2, 0.25) is 0 Å². The average Bonchev–Trinajstić information content (AvgIpc) is 2.15. The van der Waals surface area contributed by atoms with E-state index < -0.39 is 6.09 Å². The predicted molar refractivity (Wildman–Crippen MR) is 58.9 cm³/mol. The Morgan fingerprint density at radius 2 is 2.12 bits per heavy atom. The highest BCUT2D eigenvalue weighted by Crippen LogP contribution is 2.19. The summed E-state index contributed by atoms with van der Waals surface area (Å²) in [5, 5.41) is 10.7. The molecular formula is C9H10ClN3O3. The van der Waals surface area contributed by atoms with Gasteiger partial charge in [-0.25, -0.2) is 9.78 Å². The number of rotatable bonds is 2. The highest BCUT2D eigenvalue weighted by Gasteiger charge is 2.14.